The van der Waals surface area contributed by atoms with Crippen LogP contribution in [0.25, 0.3) is 11.0 Å². The Balaban J connectivity index is 2.37. The molecule has 0 fully saturated rings. The van der Waals surface area contributed by atoms with Crippen molar-refractivity contribution < 1.29 is 0 Å². The third-order valence-electron chi connectivity index (χ3n) is 2.64. The fraction of sp³-hybridized carbons (Fsp3) is 0.0833. The molecule has 0 spiro atoms. The number of nitriles is 1. The van der Waals surface area contributed by atoms with E-state index in [0.29, 0.717) is 5.56 Å². The van der Waals surface area contributed by atoms with E-state index in [2.05, 4.69) is 16.0 Å². The van der Waals surface area contributed by atoms with Gasteiger partial charge in [-0.25, -0.2) is 19.3 Å². The molecule has 0 aliphatic carbocycles. The van der Waals surface area contributed by atoms with Crippen LogP contribution in [-0.2, 0) is 0 Å². The monoisotopic (exact) mass is 223 g/mol. The van der Waals surface area contributed by atoms with E-state index in [1.807, 2.05) is 34.6 Å². The Kier molecular flexibility index (Phi) is 1.95. The highest BCUT2D eigenvalue weighted by Crippen LogP contribution is 2.17. The Morgan fingerprint density at radius 1 is 1.35 bits per heavy atom. The molecule has 82 valence electrons. The lowest BCUT2D eigenvalue weighted by molar-refractivity contribution is 0.655. The molecule has 0 unspecified atom stereocenters. The molecule has 0 radical (unpaired) electrons. The van der Waals surface area contributed by atoms with Crippen molar-refractivity contribution in [3.63, 3.8) is 0 Å². The van der Waals surface area contributed by atoms with Crippen molar-refractivity contribution in [1.82, 2.24) is 19.3 Å². The molecule has 0 amide bonds. The van der Waals surface area contributed by atoms with Gasteiger partial charge in [0.25, 0.3) is 0 Å². The first-order valence-corrected chi connectivity index (χ1v) is 5.17. The van der Waals surface area contributed by atoms with Crippen molar-refractivity contribution in [2.75, 3.05) is 0 Å². The van der Waals surface area contributed by atoms with Crippen LogP contribution in [-0.4, -0.2) is 19.3 Å². The summed E-state index contributed by atoms with van der Waals surface area (Å²) in [5, 5.41) is 8.93. The summed E-state index contributed by atoms with van der Waals surface area (Å²) in [7, 11) is 0. The summed E-state index contributed by atoms with van der Waals surface area (Å²) in [6.45, 7) is 1.92. The van der Waals surface area contributed by atoms with Crippen LogP contribution < -0.4 is 0 Å². The number of fused-ring (bicyclic) bond motifs is 1. The van der Waals surface area contributed by atoms with Gasteiger partial charge in [-0.3, -0.25) is 0 Å². The number of hydrogen-bond acceptors (Lipinski definition) is 3. The summed E-state index contributed by atoms with van der Waals surface area (Å²) in [5.41, 5.74) is 2.40. The van der Waals surface area contributed by atoms with Crippen molar-refractivity contribution in [2.45, 2.75) is 6.92 Å². The number of rotatable bonds is 1. The molecule has 0 aliphatic heterocycles. The number of hydrogen-bond donors (Lipinski definition) is 0. The summed E-state index contributed by atoms with van der Waals surface area (Å²) in [6.07, 6.45) is 5.25. The Hall–Kier alpha value is -2.61. The minimum Gasteiger partial charge on any atom is -0.243 e. The first kappa shape index (κ1) is 9.60. The molecule has 17 heavy (non-hydrogen) atoms. The number of nitrogens with zero attached hydrogens (tertiary/aromatic N) is 5. The normalized spacial score (nSPS) is 10.6. The molecule has 0 saturated heterocycles. The van der Waals surface area contributed by atoms with Crippen LogP contribution in [0.3, 0.4) is 0 Å². The van der Waals surface area contributed by atoms with E-state index in [1.165, 1.54) is 0 Å². The molecule has 0 aliphatic rings. The van der Waals surface area contributed by atoms with Crippen LogP contribution in [0.1, 0.15) is 11.4 Å². The zero-order chi connectivity index (χ0) is 11.8. The number of aryl methyl sites for hydroxylation is 1. The number of imidazole rings is 2. The van der Waals surface area contributed by atoms with Crippen molar-refractivity contribution in [3.05, 3.63) is 48.3 Å². The zero-order valence-electron chi connectivity index (χ0n) is 9.20. The summed E-state index contributed by atoms with van der Waals surface area (Å²) in [6, 6.07) is 7.59. The van der Waals surface area contributed by atoms with Crippen molar-refractivity contribution in [2.24, 2.45) is 0 Å². The Morgan fingerprint density at radius 2 is 2.24 bits per heavy atom. The maximum Gasteiger partial charge on any atom is 0.126 e. The lowest BCUT2D eigenvalue weighted by atomic mass is 10.2. The van der Waals surface area contributed by atoms with E-state index in [0.717, 1.165) is 16.9 Å². The Labute approximate surface area is 97.5 Å². The maximum absolute atomic E-state index is 8.93. The third kappa shape index (κ3) is 1.39. The second-order valence-corrected chi connectivity index (χ2v) is 3.73. The van der Waals surface area contributed by atoms with Crippen LogP contribution in [0, 0.1) is 18.3 Å². The molecule has 0 atom stereocenters. The highest BCUT2D eigenvalue weighted by atomic mass is 15.5. The second-order valence-electron chi connectivity index (χ2n) is 3.73. The topological polar surface area (TPSA) is 59.4 Å². The molecule has 5 heteroatoms. The molecular formula is C12H9N5. The van der Waals surface area contributed by atoms with Gasteiger partial charge in [0, 0.05) is 12.4 Å². The smallest absolute Gasteiger partial charge is 0.126 e. The van der Waals surface area contributed by atoms with Gasteiger partial charge >= 0.3 is 0 Å². The van der Waals surface area contributed by atoms with Crippen molar-refractivity contribution >= 4 is 11.0 Å². The third-order valence-corrected chi connectivity index (χ3v) is 2.64. The number of benzene rings is 1. The van der Waals surface area contributed by atoms with Crippen LogP contribution >= 0.6 is 0 Å². The predicted molar refractivity (Wildman–Crippen MR) is 62.2 cm³/mol. The lowest BCUT2D eigenvalue weighted by Gasteiger charge is -2.06. The Bertz CT molecular complexity index is 715. The van der Waals surface area contributed by atoms with E-state index in [1.54, 1.807) is 18.6 Å². The average Bonchev–Trinajstić information content (AvgIpc) is 2.93. The standard InChI is InChI=1S/C12H9N5/c1-9-15-11-3-2-10(7-13)6-12(11)17(9)16-5-4-14-8-16/h2-6,8H,1H3. The lowest BCUT2D eigenvalue weighted by Crippen LogP contribution is -2.08. The molecular weight excluding hydrogens is 214 g/mol. The zero-order valence-corrected chi connectivity index (χ0v) is 9.20. The minimum atomic E-state index is 0.624. The SMILES string of the molecule is Cc1nc2ccc(C#N)cc2n1-n1ccnc1. The fourth-order valence-corrected chi connectivity index (χ4v) is 1.92. The summed E-state index contributed by atoms with van der Waals surface area (Å²) in [5.74, 6) is 0.855. The van der Waals surface area contributed by atoms with E-state index in [9.17, 15) is 0 Å². The van der Waals surface area contributed by atoms with Gasteiger partial charge < -0.3 is 0 Å². The van der Waals surface area contributed by atoms with E-state index >= 15 is 0 Å². The molecule has 5 nitrogen and oxygen atoms in total. The quantitative estimate of drug-likeness (QED) is 0.631. The Morgan fingerprint density at radius 3 is 2.94 bits per heavy atom. The van der Waals surface area contributed by atoms with E-state index in [-0.39, 0.29) is 0 Å². The van der Waals surface area contributed by atoms with Gasteiger partial charge in [-0.15, -0.1) is 0 Å². The summed E-state index contributed by atoms with van der Waals surface area (Å²) >= 11 is 0. The van der Waals surface area contributed by atoms with Crippen LogP contribution in [0.4, 0.5) is 0 Å². The first-order valence-electron chi connectivity index (χ1n) is 5.17. The van der Waals surface area contributed by atoms with Crippen LogP contribution in [0.2, 0.25) is 0 Å². The predicted octanol–water partition coefficient (Wildman–Crippen LogP) is 1.72. The highest BCUT2D eigenvalue weighted by molar-refractivity contribution is 5.77. The molecule has 0 N–H and O–H groups in total. The number of aromatic nitrogens is 4. The second kappa shape index (κ2) is 3.46. The van der Waals surface area contributed by atoms with Gasteiger partial charge in [0.05, 0.1) is 22.7 Å². The molecule has 0 bridgehead atoms. The maximum atomic E-state index is 8.93. The molecule has 3 aromatic rings. The molecule has 0 saturated carbocycles. The molecule has 3 rings (SSSR count). The van der Waals surface area contributed by atoms with Gasteiger partial charge in [0.15, 0.2) is 0 Å². The summed E-state index contributed by atoms with van der Waals surface area (Å²) < 4.78 is 3.76. The van der Waals surface area contributed by atoms with E-state index < -0.39 is 0 Å². The largest absolute Gasteiger partial charge is 0.243 e. The molecule has 2 heterocycles. The van der Waals surface area contributed by atoms with Gasteiger partial charge in [0.2, 0.25) is 0 Å². The first-order chi connectivity index (χ1) is 8.29. The van der Waals surface area contributed by atoms with Gasteiger partial charge in [-0.1, -0.05) is 0 Å². The highest BCUT2D eigenvalue weighted by Gasteiger charge is 2.09. The van der Waals surface area contributed by atoms with Crippen LogP contribution in [0.15, 0.2) is 36.9 Å². The van der Waals surface area contributed by atoms with Crippen molar-refractivity contribution in [1.29, 1.82) is 5.26 Å². The fourth-order valence-electron chi connectivity index (χ4n) is 1.92. The van der Waals surface area contributed by atoms with E-state index in [4.69, 9.17) is 5.26 Å². The van der Waals surface area contributed by atoms with Gasteiger partial charge in [0.1, 0.15) is 12.2 Å². The van der Waals surface area contributed by atoms with Crippen molar-refractivity contribution in [3.8, 4) is 6.07 Å². The van der Waals surface area contributed by atoms with Crippen LogP contribution in [0.5, 0.6) is 0 Å². The molecule has 1 aromatic carbocycles. The average molecular weight is 223 g/mol. The van der Waals surface area contributed by atoms with Gasteiger partial charge in [-0.05, 0) is 25.1 Å². The minimum absolute atomic E-state index is 0.624. The summed E-state index contributed by atoms with van der Waals surface area (Å²) in [4.78, 5) is 8.47. The molecule has 2 aromatic heterocycles. The van der Waals surface area contributed by atoms with Gasteiger partial charge in [-0.2, -0.15) is 5.26 Å².